The average Bonchev–Trinajstić information content (AvgIpc) is 2.26. The maximum Gasteiger partial charge on any atom is 0.336 e. The van der Waals surface area contributed by atoms with E-state index in [4.69, 9.17) is 9.47 Å². The standard InChI is InChI=1S/C14H24O4/c1-5-17-13(16)12(18-14(2,3)4)10-8-6-7-9-11(10)15/h10,12H,5-9H2,1-4H3. The van der Waals surface area contributed by atoms with Crippen LogP contribution in [0.5, 0.6) is 0 Å². The van der Waals surface area contributed by atoms with Crippen LogP contribution in [0.15, 0.2) is 0 Å². The highest BCUT2D eigenvalue weighted by Gasteiger charge is 2.39. The first-order valence-electron chi connectivity index (χ1n) is 6.72. The summed E-state index contributed by atoms with van der Waals surface area (Å²) in [4.78, 5) is 23.9. The summed E-state index contributed by atoms with van der Waals surface area (Å²) in [5, 5.41) is 0. The molecule has 104 valence electrons. The van der Waals surface area contributed by atoms with Crippen molar-refractivity contribution in [1.82, 2.24) is 0 Å². The molecule has 0 bridgehead atoms. The smallest absolute Gasteiger partial charge is 0.336 e. The number of ether oxygens (including phenoxy) is 2. The van der Waals surface area contributed by atoms with E-state index in [0.29, 0.717) is 13.0 Å². The summed E-state index contributed by atoms with van der Waals surface area (Å²) in [7, 11) is 0. The number of hydrogen-bond acceptors (Lipinski definition) is 4. The number of ketones is 1. The molecule has 1 saturated carbocycles. The van der Waals surface area contributed by atoms with Crippen molar-refractivity contribution in [3.05, 3.63) is 0 Å². The first-order valence-corrected chi connectivity index (χ1v) is 6.72. The number of carbonyl (C=O) groups excluding carboxylic acids is 2. The lowest BCUT2D eigenvalue weighted by Gasteiger charge is -2.32. The highest BCUT2D eigenvalue weighted by molar-refractivity contribution is 5.88. The highest BCUT2D eigenvalue weighted by atomic mass is 16.6. The van der Waals surface area contributed by atoms with Gasteiger partial charge in [0.1, 0.15) is 5.78 Å². The maximum absolute atomic E-state index is 12.0. The van der Waals surface area contributed by atoms with Crippen LogP contribution in [0.25, 0.3) is 0 Å². The van der Waals surface area contributed by atoms with Crippen LogP contribution >= 0.6 is 0 Å². The van der Waals surface area contributed by atoms with E-state index in [1.54, 1.807) is 6.92 Å². The van der Waals surface area contributed by atoms with Crippen molar-refractivity contribution in [2.45, 2.75) is 65.1 Å². The zero-order chi connectivity index (χ0) is 13.8. The molecule has 0 aromatic heterocycles. The zero-order valence-corrected chi connectivity index (χ0v) is 11.8. The molecule has 18 heavy (non-hydrogen) atoms. The summed E-state index contributed by atoms with van der Waals surface area (Å²) in [6, 6.07) is 0. The minimum atomic E-state index is -0.752. The van der Waals surface area contributed by atoms with Crippen molar-refractivity contribution >= 4 is 11.8 Å². The third kappa shape index (κ3) is 4.41. The summed E-state index contributed by atoms with van der Waals surface area (Å²) >= 11 is 0. The maximum atomic E-state index is 12.0. The Kier molecular flexibility index (Phi) is 5.32. The fourth-order valence-electron chi connectivity index (χ4n) is 2.23. The van der Waals surface area contributed by atoms with Gasteiger partial charge in [-0.2, -0.15) is 0 Å². The fourth-order valence-corrected chi connectivity index (χ4v) is 2.23. The highest BCUT2D eigenvalue weighted by Crippen LogP contribution is 2.28. The largest absolute Gasteiger partial charge is 0.464 e. The summed E-state index contributed by atoms with van der Waals surface area (Å²) < 4.78 is 10.8. The van der Waals surface area contributed by atoms with E-state index < -0.39 is 17.7 Å². The molecule has 0 N–H and O–H groups in total. The fraction of sp³-hybridized carbons (Fsp3) is 0.857. The van der Waals surface area contributed by atoms with Gasteiger partial charge >= 0.3 is 5.97 Å². The molecule has 2 unspecified atom stereocenters. The summed E-state index contributed by atoms with van der Waals surface area (Å²) in [5.41, 5.74) is -0.463. The molecule has 1 aliphatic carbocycles. The van der Waals surface area contributed by atoms with E-state index in [-0.39, 0.29) is 11.7 Å². The van der Waals surface area contributed by atoms with Gasteiger partial charge in [-0.25, -0.2) is 4.79 Å². The first-order chi connectivity index (χ1) is 8.35. The molecular weight excluding hydrogens is 232 g/mol. The number of Topliss-reactive ketones (excluding diaryl/α,β-unsaturated/α-hetero) is 1. The van der Waals surface area contributed by atoms with Crippen molar-refractivity contribution in [2.75, 3.05) is 6.61 Å². The molecule has 2 atom stereocenters. The number of hydrogen-bond donors (Lipinski definition) is 0. The molecule has 4 nitrogen and oxygen atoms in total. The summed E-state index contributed by atoms with van der Waals surface area (Å²) in [6.07, 6.45) is 2.41. The molecular formula is C14H24O4. The Morgan fingerprint density at radius 3 is 2.56 bits per heavy atom. The Bertz CT molecular complexity index is 303. The first kappa shape index (κ1) is 15.2. The molecule has 0 spiro atoms. The number of carbonyl (C=O) groups is 2. The number of esters is 1. The Hall–Kier alpha value is -0.900. The van der Waals surface area contributed by atoms with Crippen molar-refractivity contribution in [1.29, 1.82) is 0 Å². The topological polar surface area (TPSA) is 52.6 Å². The van der Waals surface area contributed by atoms with Gasteiger partial charge in [0.2, 0.25) is 0 Å². The number of rotatable bonds is 4. The van der Waals surface area contributed by atoms with E-state index in [1.165, 1.54) is 0 Å². The van der Waals surface area contributed by atoms with E-state index in [9.17, 15) is 9.59 Å². The van der Waals surface area contributed by atoms with Crippen LogP contribution in [0.3, 0.4) is 0 Å². The van der Waals surface area contributed by atoms with Gasteiger partial charge in [-0.3, -0.25) is 4.79 Å². The lowest BCUT2D eigenvalue weighted by Crippen LogP contribution is -2.44. The molecule has 0 aromatic carbocycles. The summed E-state index contributed by atoms with van der Waals surface area (Å²) in [5.74, 6) is -0.617. The second-order valence-electron chi connectivity index (χ2n) is 5.72. The minimum Gasteiger partial charge on any atom is -0.464 e. The third-order valence-electron chi connectivity index (χ3n) is 2.97. The van der Waals surface area contributed by atoms with Crippen molar-refractivity contribution < 1.29 is 19.1 Å². The monoisotopic (exact) mass is 256 g/mol. The molecule has 0 radical (unpaired) electrons. The Balaban J connectivity index is 2.81. The van der Waals surface area contributed by atoms with Gasteiger partial charge in [0.05, 0.1) is 18.1 Å². The van der Waals surface area contributed by atoms with Crippen LogP contribution in [0.1, 0.15) is 53.4 Å². The molecule has 1 fully saturated rings. The quantitative estimate of drug-likeness (QED) is 0.725. The van der Waals surface area contributed by atoms with Gasteiger partial charge in [0, 0.05) is 6.42 Å². The molecule has 0 saturated heterocycles. The predicted molar refractivity (Wildman–Crippen MR) is 68.2 cm³/mol. The Morgan fingerprint density at radius 2 is 2.06 bits per heavy atom. The van der Waals surface area contributed by atoms with E-state index in [0.717, 1.165) is 19.3 Å². The van der Waals surface area contributed by atoms with Gasteiger partial charge in [0.25, 0.3) is 0 Å². The van der Waals surface area contributed by atoms with E-state index in [2.05, 4.69) is 0 Å². The average molecular weight is 256 g/mol. The SMILES string of the molecule is CCOC(=O)C(OC(C)(C)C)C1CCCCC1=O. The van der Waals surface area contributed by atoms with Gasteiger partial charge in [-0.15, -0.1) is 0 Å². The van der Waals surface area contributed by atoms with Crippen LogP contribution in [-0.2, 0) is 19.1 Å². The van der Waals surface area contributed by atoms with Gasteiger partial charge < -0.3 is 9.47 Å². The van der Waals surface area contributed by atoms with Crippen molar-refractivity contribution in [3.63, 3.8) is 0 Å². The molecule has 1 aliphatic rings. The molecule has 0 aromatic rings. The second-order valence-corrected chi connectivity index (χ2v) is 5.72. The Labute approximate surface area is 109 Å². The minimum absolute atomic E-state index is 0.128. The molecule has 0 aliphatic heterocycles. The van der Waals surface area contributed by atoms with Gasteiger partial charge in [-0.05, 0) is 40.5 Å². The Morgan fingerprint density at radius 1 is 1.39 bits per heavy atom. The molecule has 0 amide bonds. The third-order valence-corrected chi connectivity index (χ3v) is 2.97. The normalized spacial score (nSPS) is 22.7. The van der Waals surface area contributed by atoms with Crippen LogP contribution in [0.2, 0.25) is 0 Å². The van der Waals surface area contributed by atoms with E-state index in [1.807, 2.05) is 20.8 Å². The second kappa shape index (κ2) is 6.32. The van der Waals surface area contributed by atoms with Gasteiger partial charge in [0.15, 0.2) is 6.10 Å². The summed E-state index contributed by atoms with van der Waals surface area (Å²) in [6.45, 7) is 7.71. The molecule has 0 heterocycles. The lowest BCUT2D eigenvalue weighted by atomic mass is 9.83. The van der Waals surface area contributed by atoms with Crippen LogP contribution < -0.4 is 0 Å². The zero-order valence-electron chi connectivity index (χ0n) is 11.8. The van der Waals surface area contributed by atoms with E-state index >= 15 is 0 Å². The van der Waals surface area contributed by atoms with Crippen molar-refractivity contribution in [2.24, 2.45) is 5.92 Å². The van der Waals surface area contributed by atoms with Crippen LogP contribution in [-0.4, -0.2) is 30.1 Å². The van der Waals surface area contributed by atoms with Crippen molar-refractivity contribution in [3.8, 4) is 0 Å². The molecule has 4 heteroatoms. The lowest BCUT2D eigenvalue weighted by molar-refractivity contribution is -0.175. The van der Waals surface area contributed by atoms with Crippen LogP contribution in [0.4, 0.5) is 0 Å². The predicted octanol–water partition coefficient (Wildman–Crippen LogP) is 2.49. The molecule has 1 rings (SSSR count). The van der Waals surface area contributed by atoms with Crippen LogP contribution in [0, 0.1) is 5.92 Å². The van der Waals surface area contributed by atoms with Gasteiger partial charge in [-0.1, -0.05) is 6.42 Å².